The van der Waals surface area contributed by atoms with Crippen molar-refractivity contribution in [1.29, 1.82) is 0 Å². The number of likely N-dealkylation sites (tertiary alicyclic amines) is 1. The second kappa shape index (κ2) is 6.01. The lowest BCUT2D eigenvalue weighted by Crippen LogP contribution is -2.67. The van der Waals surface area contributed by atoms with Crippen LogP contribution in [-0.2, 0) is 16.1 Å². The van der Waals surface area contributed by atoms with Crippen molar-refractivity contribution in [2.45, 2.75) is 42.5 Å². The smallest absolute Gasteiger partial charge is 0.245 e. The summed E-state index contributed by atoms with van der Waals surface area (Å²) in [7, 11) is 0. The van der Waals surface area contributed by atoms with Crippen molar-refractivity contribution in [3.05, 3.63) is 71.8 Å². The average Bonchev–Trinajstić information content (AvgIpc) is 3.42. The van der Waals surface area contributed by atoms with Gasteiger partial charge in [0.2, 0.25) is 5.91 Å². The number of carbonyl (C=O) groups excluding carboxylic acids is 1. The maximum atomic E-state index is 13.0. The van der Waals surface area contributed by atoms with Crippen LogP contribution in [0.5, 0.6) is 0 Å². The monoisotopic (exact) mass is 385 g/mol. The number of hydrogen-bond acceptors (Lipinski definition) is 2. The van der Waals surface area contributed by atoms with Gasteiger partial charge in [-0.1, -0.05) is 83.5 Å². The van der Waals surface area contributed by atoms with Crippen LogP contribution in [0.2, 0.25) is 0 Å². The molecule has 1 amide bonds. The molecule has 4 heteroatoms. The first kappa shape index (κ1) is 15.9. The second-order valence-corrected chi connectivity index (χ2v) is 7.82. The number of benzene rings is 2. The Morgan fingerprint density at radius 2 is 1.71 bits per heavy atom. The number of carbonyl (C=O) groups is 1. The van der Waals surface area contributed by atoms with E-state index in [2.05, 4.69) is 47.1 Å². The number of β-lactam (4-membered cyclic amide) rings is 1. The van der Waals surface area contributed by atoms with E-state index >= 15 is 0 Å². The van der Waals surface area contributed by atoms with E-state index in [1.807, 2.05) is 41.3 Å². The summed E-state index contributed by atoms with van der Waals surface area (Å²) < 4.78 is 5.16. The zero-order valence-electron chi connectivity index (χ0n) is 13.6. The van der Waals surface area contributed by atoms with E-state index < -0.39 is 4.32 Å². The van der Waals surface area contributed by atoms with Crippen molar-refractivity contribution in [2.75, 3.05) is 0 Å². The van der Waals surface area contributed by atoms with E-state index in [4.69, 9.17) is 4.74 Å². The molecule has 0 N–H and O–H groups in total. The van der Waals surface area contributed by atoms with Gasteiger partial charge in [0.05, 0.1) is 12.1 Å². The first-order valence-electron chi connectivity index (χ1n) is 8.40. The van der Waals surface area contributed by atoms with Crippen LogP contribution in [0.15, 0.2) is 60.7 Å². The minimum Gasteiger partial charge on any atom is -0.367 e. The van der Waals surface area contributed by atoms with Gasteiger partial charge in [-0.2, -0.15) is 0 Å². The molecule has 2 fully saturated rings. The fraction of sp³-hybridized carbons (Fsp3) is 0.350. The van der Waals surface area contributed by atoms with Crippen LogP contribution in [0, 0.1) is 0 Å². The predicted octanol–water partition coefficient (Wildman–Crippen LogP) is 4.08. The zero-order valence-corrected chi connectivity index (χ0v) is 15.1. The molecule has 0 aromatic heterocycles. The summed E-state index contributed by atoms with van der Waals surface area (Å²) in [4.78, 5) is 15.0. The summed E-state index contributed by atoms with van der Waals surface area (Å²) >= 11 is 3.78. The fourth-order valence-corrected chi connectivity index (χ4v) is 4.86. The molecule has 2 aromatic carbocycles. The third kappa shape index (κ3) is 2.40. The molecular formula is C20H20BrNO2. The largest absolute Gasteiger partial charge is 0.367 e. The van der Waals surface area contributed by atoms with Gasteiger partial charge in [0, 0.05) is 6.54 Å². The fourth-order valence-electron chi connectivity index (χ4n) is 3.72. The van der Waals surface area contributed by atoms with Gasteiger partial charge in [-0.25, -0.2) is 0 Å². The van der Waals surface area contributed by atoms with E-state index in [1.54, 1.807) is 0 Å². The van der Waals surface area contributed by atoms with Crippen LogP contribution in [0.25, 0.3) is 0 Å². The molecule has 0 spiro atoms. The number of ether oxygens (including phenoxy) is 1. The summed E-state index contributed by atoms with van der Waals surface area (Å²) in [5.74, 6) is 0.126. The van der Waals surface area contributed by atoms with Crippen LogP contribution in [0.4, 0.5) is 0 Å². The first-order chi connectivity index (χ1) is 11.7. The highest BCUT2D eigenvalue weighted by Gasteiger charge is 2.70. The molecule has 3 nitrogen and oxygen atoms in total. The summed E-state index contributed by atoms with van der Waals surface area (Å²) in [5, 5.41) is 0. The van der Waals surface area contributed by atoms with Gasteiger partial charge < -0.3 is 9.64 Å². The van der Waals surface area contributed by atoms with Crippen molar-refractivity contribution in [2.24, 2.45) is 0 Å². The highest BCUT2D eigenvalue weighted by Crippen LogP contribution is 2.57. The Hall–Kier alpha value is -1.65. The Labute approximate surface area is 150 Å². The molecule has 0 radical (unpaired) electrons. The van der Waals surface area contributed by atoms with Gasteiger partial charge in [-0.15, -0.1) is 0 Å². The normalized spacial score (nSPS) is 31.7. The molecule has 0 saturated carbocycles. The van der Waals surface area contributed by atoms with E-state index in [0.717, 1.165) is 17.5 Å². The van der Waals surface area contributed by atoms with Gasteiger partial charge in [0.1, 0.15) is 6.10 Å². The topological polar surface area (TPSA) is 32.8 Å². The van der Waals surface area contributed by atoms with E-state index in [-0.39, 0.29) is 24.2 Å². The van der Waals surface area contributed by atoms with E-state index in [1.165, 1.54) is 0 Å². The molecule has 2 heterocycles. The molecule has 2 saturated heterocycles. The van der Waals surface area contributed by atoms with Crippen molar-refractivity contribution >= 4 is 21.8 Å². The van der Waals surface area contributed by atoms with Gasteiger partial charge in [-0.3, -0.25) is 4.79 Å². The number of alkyl halides is 1. The SMILES string of the molecule is CC[C@@H]1O[C@@H]1[C@]1(Br)C(=O)N(Cc2ccccc2)[C@H]1c1ccccc1. The van der Waals surface area contributed by atoms with Gasteiger partial charge >= 0.3 is 0 Å². The maximum absolute atomic E-state index is 13.0. The highest BCUT2D eigenvalue weighted by atomic mass is 79.9. The lowest BCUT2D eigenvalue weighted by atomic mass is 9.78. The molecule has 0 bridgehead atoms. The van der Waals surface area contributed by atoms with Crippen LogP contribution in [0.3, 0.4) is 0 Å². The summed E-state index contributed by atoms with van der Waals surface area (Å²) in [6.07, 6.45) is 1.08. The molecule has 0 aliphatic carbocycles. The van der Waals surface area contributed by atoms with Gasteiger partial charge in [0.25, 0.3) is 0 Å². The molecule has 2 aromatic rings. The lowest BCUT2D eigenvalue weighted by molar-refractivity contribution is -0.154. The molecule has 0 unspecified atom stereocenters. The van der Waals surface area contributed by atoms with Gasteiger partial charge in [-0.05, 0) is 17.5 Å². The maximum Gasteiger partial charge on any atom is 0.245 e. The third-order valence-electron chi connectivity index (χ3n) is 5.01. The number of nitrogens with zero attached hydrogens (tertiary/aromatic N) is 1. The Bertz CT molecular complexity index is 736. The molecule has 4 atom stereocenters. The second-order valence-electron chi connectivity index (χ2n) is 6.50. The molecule has 4 rings (SSSR count). The van der Waals surface area contributed by atoms with Gasteiger partial charge in [0.15, 0.2) is 4.32 Å². The number of halogens is 1. The van der Waals surface area contributed by atoms with Crippen LogP contribution < -0.4 is 0 Å². The molecular weight excluding hydrogens is 366 g/mol. The first-order valence-corrected chi connectivity index (χ1v) is 9.20. The van der Waals surface area contributed by atoms with Crippen molar-refractivity contribution in [3.63, 3.8) is 0 Å². The van der Waals surface area contributed by atoms with Crippen molar-refractivity contribution in [3.8, 4) is 0 Å². The third-order valence-corrected chi connectivity index (χ3v) is 6.23. The zero-order chi connectivity index (χ0) is 16.7. The standard InChI is InChI=1S/C20H20BrNO2/c1-2-16-18(24-16)20(21)17(15-11-7-4-8-12-15)22(19(20)23)13-14-9-5-3-6-10-14/h3-12,16-18H,2,13H2,1H3/t16-,17-,18-,20-/m0/s1. The van der Waals surface area contributed by atoms with E-state index in [9.17, 15) is 4.79 Å². The quantitative estimate of drug-likeness (QED) is 0.441. The molecule has 124 valence electrons. The minimum absolute atomic E-state index is 0.00652. The lowest BCUT2D eigenvalue weighted by Gasteiger charge is -2.53. The number of epoxide rings is 1. The summed E-state index contributed by atoms with van der Waals surface area (Å²) in [6.45, 7) is 2.72. The van der Waals surface area contributed by atoms with E-state index in [0.29, 0.717) is 6.54 Å². The summed E-state index contributed by atoms with van der Waals surface area (Å²) in [5.41, 5.74) is 2.29. The minimum atomic E-state index is -0.635. The number of amides is 1. The summed E-state index contributed by atoms with van der Waals surface area (Å²) in [6, 6.07) is 20.4. The van der Waals surface area contributed by atoms with Crippen molar-refractivity contribution in [1.82, 2.24) is 4.90 Å². The van der Waals surface area contributed by atoms with Crippen LogP contribution in [-0.4, -0.2) is 27.3 Å². The van der Waals surface area contributed by atoms with Crippen molar-refractivity contribution < 1.29 is 9.53 Å². The number of hydrogen-bond donors (Lipinski definition) is 0. The Morgan fingerprint density at radius 1 is 1.08 bits per heavy atom. The number of rotatable bonds is 5. The predicted molar refractivity (Wildman–Crippen MR) is 96.8 cm³/mol. The van der Waals surface area contributed by atoms with Crippen LogP contribution >= 0.6 is 15.9 Å². The van der Waals surface area contributed by atoms with Crippen LogP contribution in [0.1, 0.15) is 30.5 Å². The molecule has 2 aliphatic heterocycles. The molecule has 24 heavy (non-hydrogen) atoms. The molecule has 2 aliphatic rings. The highest BCUT2D eigenvalue weighted by molar-refractivity contribution is 9.10. The average molecular weight is 386 g/mol. The Balaban J connectivity index is 1.66. The Morgan fingerprint density at radius 3 is 2.29 bits per heavy atom. The Kier molecular flexibility index (Phi) is 3.97.